The van der Waals surface area contributed by atoms with Gasteiger partial charge in [0.15, 0.2) is 0 Å². The molecule has 1 aliphatic carbocycles. The fourth-order valence-electron chi connectivity index (χ4n) is 3.53. The van der Waals surface area contributed by atoms with Gasteiger partial charge in [-0.15, -0.1) is 0 Å². The zero-order valence-electron chi connectivity index (χ0n) is 15.7. The Kier molecular flexibility index (Phi) is 6.14. The van der Waals surface area contributed by atoms with Crippen LogP contribution in [0.15, 0.2) is 52.3 Å². The fraction of sp³-hybridized carbons (Fsp3) is 0.300. The van der Waals surface area contributed by atoms with E-state index in [4.69, 9.17) is 16.7 Å². The van der Waals surface area contributed by atoms with Crippen molar-refractivity contribution in [2.24, 2.45) is 5.92 Å². The van der Waals surface area contributed by atoms with E-state index in [2.05, 4.69) is 5.10 Å². The van der Waals surface area contributed by atoms with Crippen LogP contribution >= 0.6 is 23.4 Å². The van der Waals surface area contributed by atoms with E-state index in [-0.39, 0.29) is 14.4 Å². The zero-order chi connectivity index (χ0) is 20.7. The summed E-state index contributed by atoms with van der Waals surface area (Å²) in [5.41, 5.74) is 0.385. The number of hydrogen-bond donors (Lipinski definition) is 1. The Morgan fingerprint density at radius 2 is 2.17 bits per heavy atom. The number of thioether (sulfide) groups is 1. The van der Waals surface area contributed by atoms with Crippen LogP contribution in [0, 0.1) is 11.7 Å². The molecular weight excluding hydrogens is 521 g/mol. The molecule has 29 heavy (non-hydrogen) atoms. The van der Waals surface area contributed by atoms with E-state index in [1.807, 2.05) is 17.8 Å². The van der Waals surface area contributed by atoms with E-state index in [1.165, 1.54) is 18.2 Å². The molecule has 9 heteroatoms. The molecule has 1 fully saturated rings. The summed E-state index contributed by atoms with van der Waals surface area (Å²) >= 11 is 4.39. The molecule has 2 heterocycles. The molecule has 1 aromatic heterocycles. The summed E-state index contributed by atoms with van der Waals surface area (Å²) in [7, 11) is 0. The van der Waals surface area contributed by atoms with Gasteiger partial charge in [-0.05, 0) is 0 Å². The molecule has 0 unspecified atom stereocenters. The summed E-state index contributed by atoms with van der Waals surface area (Å²) in [6.45, 7) is 2.81. The maximum absolute atomic E-state index is 15.6. The van der Waals surface area contributed by atoms with Gasteiger partial charge in [0.2, 0.25) is 0 Å². The van der Waals surface area contributed by atoms with E-state index >= 15 is 4.39 Å². The van der Waals surface area contributed by atoms with Crippen molar-refractivity contribution in [1.82, 2.24) is 9.78 Å². The van der Waals surface area contributed by atoms with Gasteiger partial charge in [-0.3, -0.25) is 0 Å². The van der Waals surface area contributed by atoms with E-state index in [0.29, 0.717) is 7.69 Å². The summed E-state index contributed by atoms with van der Waals surface area (Å²) in [5.74, 6) is -1.98. The fourth-order valence-corrected chi connectivity index (χ4v) is 15.0. The SMILES string of the molecule is CCCn1c[c]([In]2[C](F)=C(Sc3cccc(C(=O)O)c3F)C(C3CC3)=[C]2Cl)cn1. The molecule has 1 aliphatic heterocycles. The van der Waals surface area contributed by atoms with E-state index in [0.717, 1.165) is 46.5 Å². The molecule has 2 aromatic rings. The number of benzene rings is 1. The number of nitrogens with zero attached hydrogens (tertiary/aromatic N) is 2. The minimum atomic E-state index is -3.30. The number of aromatic nitrogens is 2. The van der Waals surface area contributed by atoms with Crippen molar-refractivity contribution in [3.8, 4) is 0 Å². The molecule has 4 nitrogen and oxygen atoms in total. The van der Waals surface area contributed by atoms with Crippen LogP contribution < -0.4 is 3.32 Å². The summed E-state index contributed by atoms with van der Waals surface area (Å²) in [6.07, 6.45) is 6.40. The summed E-state index contributed by atoms with van der Waals surface area (Å²) in [6, 6.07) is 4.16. The Morgan fingerprint density at radius 1 is 1.41 bits per heavy atom. The van der Waals surface area contributed by atoms with E-state index < -0.39 is 38.8 Å². The second-order valence-corrected chi connectivity index (χ2v) is 17.2. The summed E-state index contributed by atoms with van der Waals surface area (Å²) in [4.78, 5) is 11.7. The minimum absolute atomic E-state index is 0.103. The maximum atomic E-state index is 15.6. The third-order valence-corrected chi connectivity index (χ3v) is 15.8. The van der Waals surface area contributed by atoms with Gasteiger partial charge in [-0.1, -0.05) is 0 Å². The number of rotatable bonds is 7. The van der Waals surface area contributed by atoms with Gasteiger partial charge in [0.1, 0.15) is 0 Å². The Bertz CT molecular complexity index is 1050. The number of allylic oxidation sites excluding steroid dienone is 1. The van der Waals surface area contributed by atoms with E-state index in [9.17, 15) is 9.18 Å². The molecule has 150 valence electrons. The standard InChI is InChI=1S/C14H9ClF2O2S.C6H9N2.In/c15-6-10(8-4-5-8)12(7-16)20-11-3-1-2-9(13(11)17)14(18)19;1-2-5-8-6-3-4-7-8;/h1-3,8H,4-5H2,(H,18,19);4,6H,2,5H2,1H3;. The molecule has 0 saturated heterocycles. The molecule has 4 rings (SSSR count). The van der Waals surface area contributed by atoms with Crippen LogP contribution in [-0.2, 0) is 6.54 Å². The molecule has 2 aliphatic rings. The third kappa shape index (κ3) is 4.03. The van der Waals surface area contributed by atoms with Crippen LogP contribution in [0.4, 0.5) is 8.78 Å². The molecular formula is C20H18ClF2InN2O2S. The van der Waals surface area contributed by atoms with Crippen LogP contribution in [0.5, 0.6) is 0 Å². The van der Waals surface area contributed by atoms with Gasteiger partial charge in [-0.25, -0.2) is 0 Å². The molecule has 1 aromatic carbocycles. The number of carboxylic acid groups (broad SMARTS) is 1. The van der Waals surface area contributed by atoms with Crippen molar-refractivity contribution in [3.05, 3.63) is 58.8 Å². The molecule has 0 spiro atoms. The number of carbonyl (C=O) groups is 1. The van der Waals surface area contributed by atoms with Crippen LogP contribution in [-0.4, -0.2) is 42.3 Å². The molecule has 1 N–H and O–H groups in total. The molecule has 0 atom stereocenters. The number of hydrogen-bond acceptors (Lipinski definition) is 3. The van der Waals surface area contributed by atoms with Crippen LogP contribution in [0.2, 0.25) is 0 Å². The van der Waals surface area contributed by atoms with Crippen LogP contribution in [0.25, 0.3) is 0 Å². The first-order chi connectivity index (χ1) is 13.9. The van der Waals surface area contributed by atoms with Crippen molar-refractivity contribution in [2.45, 2.75) is 37.6 Å². The molecule has 0 amide bonds. The van der Waals surface area contributed by atoms with Gasteiger partial charge in [-0.2, -0.15) is 0 Å². The van der Waals surface area contributed by atoms with Gasteiger partial charge in [0.05, 0.1) is 0 Å². The first-order valence-electron chi connectivity index (χ1n) is 9.44. The second-order valence-electron chi connectivity index (χ2n) is 7.21. The monoisotopic (exact) mass is 538 g/mol. The Labute approximate surface area is 184 Å². The number of halogens is 3. The topological polar surface area (TPSA) is 55.1 Å². The number of aryl methyl sites for hydroxylation is 1. The van der Waals surface area contributed by atoms with Crippen molar-refractivity contribution < 1.29 is 18.7 Å². The Balaban J connectivity index is 1.74. The van der Waals surface area contributed by atoms with Gasteiger partial charge in [0.25, 0.3) is 0 Å². The number of aromatic carboxylic acids is 1. The zero-order valence-corrected chi connectivity index (χ0v) is 20.5. The average molecular weight is 539 g/mol. The van der Waals surface area contributed by atoms with Gasteiger partial charge in [0, 0.05) is 0 Å². The molecule has 1 saturated carbocycles. The predicted molar refractivity (Wildman–Crippen MR) is 111 cm³/mol. The van der Waals surface area contributed by atoms with Crippen molar-refractivity contribution >= 4 is 54.1 Å². The third-order valence-electron chi connectivity index (χ3n) is 5.06. The number of carboxylic acids is 1. The molecule has 0 bridgehead atoms. The average Bonchev–Trinajstić information content (AvgIpc) is 3.36. The van der Waals surface area contributed by atoms with Crippen molar-refractivity contribution in [2.75, 3.05) is 0 Å². The Morgan fingerprint density at radius 3 is 2.83 bits per heavy atom. The summed E-state index contributed by atoms with van der Waals surface area (Å²) < 4.78 is 33.4. The van der Waals surface area contributed by atoms with Gasteiger partial charge < -0.3 is 0 Å². The second kappa shape index (κ2) is 8.47. The van der Waals surface area contributed by atoms with Gasteiger partial charge >= 0.3 is 185 Å². The quantitative estimate of drug-likeness (QED) is 0.550. The first kappa shape index (κ1) is 21.0. The first-order valence-corrected chi connectivity index (χ1v) is 15.6. The summed E-state index contributed by atoms with van der Waals surface area (Å²) in [5, 5.41) is 13.5. The van der Waals surface area contributed by atoms with Crippen LogP contribution in [0.1, 0.15) is 36.5 Å². The normalized spacial score (nSPS) is 16.9. The Hall–Kier alpha value is -1.25. The van der Waals surface area contributed by atoms with Crippen molar-refractivity contribution in [1.29, 1.82) is 0 Å². The predicted octanol–water partition coefficient (Wildman–Crippen LogP) is 4.80. The molecule has 0 radical (unpaired) electrons. The van der Waals surface area contributed by atoms with Crippen molar-refractivity contribution in [3.63, 3.8) is 0 Å². The van der Waals surface area contributed by atoms with Crippen LogP contribution in [0.3, 0.4) is 0 Å². The van der Waals surface area contributed by atoms with E-state index in [1.54, 1.807) is 6.20 Å².